The number of carbonyl (C=O) groups is 1. The minimum absolute atomic E-state index is 0.0612. The summed E-state index contributed by atoms with van der Waals surface area (Å²) in [7, 11) is -3.91. The molecule has 0 bridgehead atoms. The average Bonchev–Trinajstić information content (AvgIpc) is 2.98. The molecule has 162 valence electrons. The fraction of sp³-hybridized carbons (Fsp3) is 0.526. The SMILES string of the molecule is O=C(CSc1nnc2n1CCCCC2)N1CCN(S(=O)(=O)c2ccccc2F)CC1. The third-order valence-corrected chi connectivity index (χ3v) is 8.33. The van der Waals surface area contributed by atoms with Gasteiger partial charge < -0.3 is 9.47 Å². The summed E-state index contributed by atoms with van der Waals surface area (Å²) in [6.45, 7) is 1.74. The van der Waals surface area contributed by atoms with E-state index in [4.69, 9.17) is 0 Å². The molecule has 2 aliphatic rings. The molecule has 30 heavy (non-hydrogen) atoms. The lowest BCUT2D eigenvalue weighted by atomic mass is 10.2. The number of rotatable bonds is 5. The predicted molar refractivity (Wildman–Crippen MR) is 110 cm³/mol. The first kappa shape index (κ1) is 21.3. The molecule has 0 aliphatic carbocycles. The van der Waals surface area contributed by atoms with Crippen LogP contribution in [0.2, 0.25) is 0 Å². The summed E-state index contributed by atoms with van der Waals surface area (Å²) < 4.78 is 42.7. The third kappa shape index (κ3) is 4.37. The molecule has 1 fully saturated rings. The van der Waals surface area contributed by atoms with E-state index in [1.165, 1.54) is 40.7 Å². The van der Waals surface area contributed by atoms with E-state index in [-0.39, 0.29) is 42.7 Å². The number of aryl methyl sites for hydroxylation is 1. The Morgan fingerprint density at radius 1 is 1.03 bits per heavy atom. The summed E-state index contributed by atoms with van der Waals surface area (Å²) in [5.41, 5.74) is 0. The van der Waals surface area contributed by atoms with Crippen molar-refractivity contribution in [3.63, 3.8) is 0 Å². The van der Waals surface area contributed by atoms with Crippen LogP contribution >= 0.6 is 11.8 Å². The summed E-state index contributed by atoms with van der Waals surface area (Å²) in [6.07, 6.45) is 4.29. The largest absolute Gasteiger partial charge is 0.339 e. The monoisotopic (exact) mass is 453 g/mol. The number of thioether (sulfide) groups is 1. The Morgan fingerprint density at radius 2 is 1.80 bits per heavy atom. The van der Waals surface area contributed by atoms with Gasteiger partial charge in [-0.2, -0.15) is 4.31 Å². The standard InChI is InChI=1S/C19H24FN5O3S2/c20-15-6-3-4-7-16(15)30(27,28)24-12-10-23(11-13-24)18(26)14-29-19-22-21-17-8-2-1-5-9-25(17)19/h3-4,6-7H,1-2,5,8-14H2. The van der Waals surface area contributed by atoms with Crippen LogP contribution in [0, 0.1) is 5.82 Å². The van der Waals surface area contributed by atoms with E-state index in [0.717, 1.165) is 42.9 Å². The molecule has 2 aliphatic heterocycles. The highest BCUT2D eigenvalue weighted by molar-refractivity contribution is 7.99. The van der Waals surface area contributed by atoms with Crippen LogP contribution < -0.4 is 0 Å². The van der Waals surface area contributed by atoms with Crippen molar-refractivity contribution in [2.45, 2.75) is 42.3 Å². The van der Waals surface area contributed by atoms with Crippen LogP contribution in [0.1, 0.15) is 25.1 Å². The lowest BCUT2D eigenvalue weighted by Gasteiger charge is -2.34. The Balaban J connectivity index is 1.33. The highest BCUT2D eigenvalue weighted by Crippen LogP contribution is 2.23. The minimum atomic E-state index is -3.91. The Labute approximate surface area is 179 Å². The Morgan fingerprint density at radius 3 is 2.57 bits per heavy atom. The van der Waals surface area contributed by atoms with Crippen molar-refractivity contribution < 1.29 is 17.6 Å². The molecule has 0 atom stereocenters. The molecule has 0 radical (unpaired) electrons. The summed E-state index contributed by atoms with van der Waals surface area (Å²) in [6, 6.07) is 5.35. The van der Waals surface area contributed by atoms with Crippen molar-refractivity contribution >= 4 is 27.7 Å². The quantitative estimate of drug-likeness (QED) is 0.641. The van der Waals surface area contributed by atoms with Crippen LogP contribution in [-0.4, -0.2) is 70.2 Å². The van der Waals surface area contributed by atoms with Gasteiger partial charge in [-0.3, -0.25) is 4.79 Å². The molecular weight excluding hydrogens is 429 g/mol. The topological polar surface area (TPSA) is 88.4 Å². The summed E-state index contributed by atoms with van der Waals surface area (Å²) in [4.78, 5) is 14.0. The zero-order valence-corrected chi connectivity index (χ0v) is 18.2. The van der Waals surface area contributed by atoms with Gasteiger partial charge in [0.15, 0.2) is 5.16 Å². The van der Waals surface area contributed by atoms with Gasteiger partial charge in [-0.15, -0.1) is 10.2 Å². The van der Waals surface area contributed by atoms with Gasteiger partial charge >= 0.3 is 0 Å². The van der Waals surface area contributed by atoms with Gasteiger partial charge in [0.1, 0.15) is 16.5 Å². The van der Waals surface area contributed by atoms with Gasteiger partial charge in [0.25, 0.3) is 0 Å². The molecule has 1 aromatic heterocycles. The number of fused-ring (bicyclic) bond motifs is 1. The van der Waals surface area contributed by atoms with Crippen LogP contribution in [0.3, 0.4) is 0 Å². The number of benzene rings is 1. The number of halogens is 1. The van der Waals surface area contributed by atoms with Crippen molar-refractivity contribution in [2.24, 2.45) is 0 Å². The number of hydrogen-bond acceptors (Lipinski definition) is 6. The van der Waals surface area contributed by atoms with Crippen molar-refractivity contribution in [2.75, 3.05) is 31.9 Å². The molecule has 8 nitrogen and oxygen atoms in total. The minimum Gasteiger partial charge on any atom is -0.339 e. The smallest absolute Gasteiger partial charge is 0.246 e. The van der Waals surface area contributed by atoms with Gasteiger partial charge in [-0.1, -0.05) is 30.3 Å². The second-order valence-corrected chi connectivity index (χ2v) is 10.2. The van der Waals surface area contributed by atoms with Crippen LogP contribution in [-0.2, 0) is 27.8 Å². The summed E-state index contributed by atoms with van der Waals surface area (Å²) in [5, 5.41) is 9.23. The Bertz CT molecular complexity index is 1020. The van der Waals surface area contributed by atoms with E-state index < -0.39 is 15.8 Å². The lowest BCUT2D eigenvalue weighted by Crippen LogP contribution is -2.51. The maximum atomic E-state index is 13.9. The molecule has 1 saturated heterocycles. The number of carbonyl (C=O) groups excluding carboxylic acids is 1. The Kier molecular flexibility index (Phi) is 6.40. The second-order valence-electron chi connectivity index (χ2n) is 7.37. The molecule has 0 saturated carbocycles. The van der Waals surface area contributed by atoms with Crippen molar-refractivity contribution in [3.8, 4) is 0 Å². The van der Waals surface area contributed by atoms with E-state index in [1.807, 2.05) is 0 Å². The third-order valence-electron chi connectivity index (χ3n) is 5.45. The predicted octanol–water partition coefficient (Wildman–Crippen LogP) is 1.77. The molecule has 3 heterocycles. The number of nitrogens with zero attached hydrogens (tertiary/aromatic N) is 5. The lowest BCUT2D eigenvalue weighted by molar-refractivity contribution is -0.129. The van der Waals surface area contributed by atoms with E-state index in [9.17, 15) is 17.6 Å². The highest BCUT2D eigenvalue weighted by Gasteiger charge is 2.31. The van der Waals surface area contributed by atoms with E-state index in [0.29, 0.717) is 0 Å². The van der Waals surface area contributed by atoms with Gasteiger partial charge in [0, 0.05) is 39.1 Å². The number of amides is 1. The molecule has 2 aromatic rings. The van der Waals surface area contributed by atoms with Crippen molar-refractivity contribution in [1.29, 1.82) is 0 Å². The van der Waals surface area contributed by atoms with E-state index in [1.54, 1.807) is 4.90 Å². The molecule has 0 N–H and O–H groups in total. The maximum absolute atomic E-state index is 13.9. The fourth-order valence-electron chi connectivity index (χ4n) is 3.75. The number of aromatic nitrogens is 3. The van der Waals surface area contributed by atoms with Gasteiger partial charge in [-0.05, 0) is 25.0 Å². The Hall–Kier alpha value is -1.98. The van der Waals surface area contributed by atoms with Gasteiger partial charge in [-0.25, -0.2) is 12.8 Å². The van der Waals surface area contributed by atoms with Crippen molar-refractivity contribution in [1.82, 2.24) is 24.0 Å². The molecule has 0 unspecified atom stereocenters. The van der Waals surface area contributed by atoms with Crippen LogP contribution in [0.25, 0.3) is 0 Å². The van der Waals surface area contributed by atoms with E-state index in [2.05, 4.69) is 14.8 Å². The summed E-state index contributed by atoms with van der Waals surface area (Å²) in [5.74, 6) is 0.390. The van der Waals surface area contributed by atoms with Crippen LogP contribution in [0.15, 0.2) is 34.3 Å². The van der Waals surface area contributed by atoms with Gasteiger partial charge in [0.2, 0.25) is 15.9 Å². The number of sulfonamides is 1. The first-order valence-corrected chi connectivity index (χ1v) is 12.5. The molecule has 4 rings (SSSR count). The normalized spacial score (nSPS) is 18.1. The molecule has 1 aromatic carbocycles. The summed E-state index contributed by atoms with van der Waals surface area (Å²) >= 11 is 1.37. The second kappa shape index (κ2) is 9.03. The van der Waals surface area contributed by atoms with Gasteiger partial charge in [0.05, 0.1) is 5.75 Å². The molecular formula is C19H24FN5O3S2. The van der Waals surface area contributed by atoms with Crippen LogP contribution in [0.5, 0.6) is 0 Å². The number of piperazine rings is 1. The highest BCUT2D eigenvalue weighted by atomic mass is 32.2. The number of hydrogen-bond donors (Lipinski definition) is 0. The fourth-order valence-corrected chi connectivity index (χ4v) is 6.13. The first-order valence-electron chi connectivity index (χ1n) is 10.0. The van der Waals surface area contributed by atoms with E-state index >= 15 is 0 Å². The molecule has 0 spiro atoms. The van der Waals surface area contributed by atoms with Crippen LogP contribution in [0.4, 0.5) is 4.39 Å². The average molecular weight is 454 g/mol. The molecule has 1 amide bonds. The molecule has 11 heteroatoms. The van der Waals surface area contributed by atoms with Crippen molar-refractivity contribution in [3.05, 3.63) is 35.9 Å². The maximum Gasteiger partial charge on any atom is 0.246 e. The zero-order valence-electron chi connectivity index (χ0n) is 16.5. The first-order chi connectivity index (χ1) is 14.5. The zero-order chi connectivity index (χ0) is 21.1.